The second kappa shape index (κ2) is 13.5. The number of rotatable bonds is 8. The van der Waals surface area contributed by atoms with Gasteiger partial charge in [0, 0.05) is 36.9 Å². The molecule has 2 atom stereocenters. The van der Waals surface area contributed by atoms with E-state index in [1.165, 1.54) is 0 Å². The number of hydrogen-bond acceptors (Lipinski definition) is 8. The van der Waals surface area contributed by atoms with Crippen LogP contribution < -0.4 is 10.1 Å². The Balaban J connectivity index is 1.37. The van der Waals surface area contributed by atoms with E-state index < -0.39 is 24.3 Å². The largest absolute Gasteiger partial charge is 0.444 e. The predicted octanol–water partition coefficient (Wildman–Crippen LogP) is 7.46. The monoisotopic (exact) mass is 637 g/mol. The Kier molecular flexibility index (Phi) is 9.66. The molecule has 1 aliphatic heterocycles. The molecule has 2 aromatic heterocycles. The molecule has 0 aliphatic carbocycles. The number of piperidine rings is 1. The second-order valence-corrected chi connectivity index (χ2v) is 12.5. The number of ether oxygens (including phenoxy) is 2. The number of amides is 1. The Morgan fingerprint density at radius 2 is 1.87 bits per heavy atom. The fourth-order valence-corrected chi connectivity index (χ4v) is 5.43. The van der Waals surface area contributed by atoms with E-state index in [1.54, 1.807) is 41.6 Å². The van der Waals surface area contributed by atoms with Crippen molar-refractivity contribution in [1.29, 1.82) is 0 Å². The molecular weight excluding hydrogens is 599 g/mol. The van der Waals surface area contributed by atoms with Crippen LogP contribution in [0.2, 0.25) is 0 Å². The van der Waals surface area contributed by atoms with Gasteiger partial charge in [-0.15, -0.1) is 0 Å². The number of aliphatic hydroxyl groups excluding tert-OH is 1. The van der Waals surface area contributed by atoms with Crippen molar-refractivity contribution >= 4 is 22.8 Å². The summed E-state index contributed by atoms with van der Waals surface area (Å²) in [7, 11) is 0. The van der Waals surface area contributed by atoms with E-state index in [9.17, 15) is 23.1 Å². The Labute approximate surface area is 265 Å². The number of likely N-dealkylation sites (tertiary alicyclic amines) is 1. The van der Waals surface area contributed by atoms with Gasteiger partial charge in [-0.2, -0.15) is 13.2 Å². The lowest BCUT2D eigenvalue weighted by molar-refractivity contribution is -0.205. The highest BCUT2D eigenvalue weighted by Crippen LogP contribution is 2.38. The fraction of sp³-hybridized carbons (Fsp3) is 0.412. The van der Waals surface area contributed by atoms with Crippen LogP contribution in [0.1, 0.15) is 51.2 Å². The van der Waals surface area contributed by atoms with Gasteiger partial charge in [0.2, 0.25) is 11.8 Å². The van der Waals surface area contributed by atoms with Crippen molar-refractivity contribution in [2.75, 3.05) is 18.4 Å². The maximum Gasteiger partial charge on any atom is 0.414 e. The number of fused-ring (bicyclic) bond motifs is 1. The summed E-state index contributed by atoms with van der Waals surface area (Å²) >= 11 is 0. The molecule has 1 fully saturated rings. The summed E-state index contributed by atoms with van der Waals surface area (Å²) in [5.74, 6) is 1.22. The highest BCUT2D eigenvalue weighted by atomic mass is 19.4. The van der Waals surface area contributed by atoms with Crippen LogP contribution in [-0.4, -0.2) is 68.1 Å². The number of carbonyl (C=O) groups is 1. The van der Waals surface area contributed by atoms with Crippen LogP contribution in [0, 0.1) is 6.92 Å². The molecule has 1 saturated heterocycles. The van der Waals surface area contributed by atoms with Crippen molar-refractivity contribution in [3.63, 3.8) is 0 Å². The van der Waals surface area contributed by atoms with E-state index in [2.05, 4.69) is 15.3 Å². The number of halogens is 3. The zero-order valence-electron chi connectivity index (χ0n) is 26.3. The number of nitrogens with one attached hydrogen (secondary N) is 1. The van der Waals surface area contributed by atoms with Gasteiger partial charge < -0.3 is 24.8 Å². The van der Waals surface area contributed by atoms with E-state index in [4.69, 9.17) is 14.5 Å². The topological polar surface area (TPSA) is 110 Å². The molecular formula is C34H38F3N5O4. The SMILES string of the molecule is Cc1ccc2c(CC[C@@H](O)C(F)(F)F)cccc2c1Oc1ncccc1-c1ccnc(N[C@H]2CCCN(C(=O)OC(C)(C)C)C2)n1. The molecule has 5 rings (SSSR count). The minimum atomic E-state index is -4.67. The van der Waals surface area contributed by atoms with Gasteiger partial charge in [0.25, 0.3) is 0 Å². The summed E-state index contributed by atoms with van der Waals surface area (Å²) < 4.78 is 50.8. The van der Waals surface area contributed by atoms with Gasteiger partial charge in [0.05, 0.1) is 11.3 Å². The van der Waals surface area contributed by atoms with Crippen LogP contribution in [0.25, 0.3) is 22.0 Å². The van der Waals surface area contributed by atoms with Crippen molar-refractivity contribution < 1.29 is 32.5 Å². The van der Waals surface area contributed by atoms with Crippen LogP contribution >= 0.6 is 0 Å². The normalized spacial score (nSPS) is 16.3. The molecule has 0 bridgehead atoms. The van der Waals surface area contributed by atoms with E-state index in [-0.39, 0.29) is 18.6 Å². The van der Waals surface area contributed by atoms with Crippen molar-refractivity contribution in [2.24, 2.45) is 0 Å². The maximum atomic E-state index is 12.9. The molecule has 4 aromatic rings. The van der Waals surface area contributed by atoms with E-state index in [0.717, 1.165) is 23.8 Å². The third-order valence-corrected chi connectivity index (χ3v) is 7.67. The Morgan fingerprint density at radius 1 is 1.07 bits per heavy atom. The summed E-state index contributed by atoms with van der Waals surface area (Å²) in [6.45, 7) is 8.49. The van der Waals surface area contributed by atoms with E-state index in [1.807, 2.05) is 52.0 Å². The summed E-state index contributed by atoms with van der Waals surface area (Å²) in [4.78, 5) is 28.0. The number of nitrogens with zero attached hydrogens (tertiary/aromatic N) is 4. The lowest BCUT2D eigenvalue weighted by Crippen LogP contribution is -2.47. The van der Waals surface area contributed by atoms with Gasteiger partial charge in [-0.1, -0.05) is 30.3 Å². The zero-order chi connectivity index (χ0) is 33.1. The summed E-state index contributed by atoms with van der Waals surface area (Å²) in [6, 6.07) is 14.4. The minimum absolute atomic E-state index is 0.0442. The van der Waals surface area contributed by atoms with E-state index >= 15 is 0 Å². The minimum Gasteiger partial charge on any atom is -0.444 e. The van der Waals surface area contributed by atoms with Crippen LogP contribution in [0.4, 0.5) is 23.9 Å². The van der Waals surface area contributed by atoms with Crippen molar-refractivity contribution in [2.45, 2.75) is 77.3 Å². The molecule has 12 heteroatoms. The highest BCUT2D eigenvalue weighted by Gasteiger charge is 2.37. The Morgan fingerprint density at radius 3 is 2.63 bits per heavy atom. The first-order valence-corrected chi connectivity index (χ1v) is 15.3. The molecule has 1 amide bonds. The molecule has 1 aliphatic rings. The lowest BCUT2D eigenvalue weighted by atomic mass is 9.97. The third-order valence-electron chi connectivity index (χ3n) is 7.67. The first-order valence-electron chi connectivity index (χ1n) is 15.3. The summed E-state index contributed by atoms with van der Waals surface area (Å²) in [5, 5.41) is 14.3. The van der Waals surface area contributed by atoms with Gasteiger partial charge in [0.15, 0.2) is 0 Å². The van der Waals surface area contributed by atoms with Crippen LogP contribution in [-0.2, 0) is 11.2 Å². The van der Waals surface area contributed by atoms with Gasteiger partial charge in [-0.25, -0.2) is 19.7 Å². The van der Waals surface area contributed by atoms with Crippen molar-refractivity contribution in [3.05, 3.63) is 72.1 Å². The first-order chi connectivity index (χ1) is 21.8. The number of benzene rings is 2. The number of carbonyl (C=O) groups excluding carboxylic acids is 1. The average Bonchev–Trinajstić information content (AvgIpc) is 3.00. The lowest BCUT2D eigenvalue weighted by Gasteiger charge is -2.34. The molecule has 3 heterocycles. The molecule has 9 nitrogen and oxygen atoms in total. The van der Waals surface area contributed by atoms with Gasteiger partial charge >= 0.3 is 12.3 Å². The number of hydrogen-bond donors (Lipinski definition) is 2. The molecule has 2 N–H and O–H groups in total. The number of aryl methyl sites for hydroxylation is 2. The number of pyridine rings is 1. The Hall–Kier alpha value is -4.45. The van der Waals surface area contributed by atoms with Crippen molar-refractivity contribution in [3.8, 4) is 22.9 Å². The molecule has 0 spiro atoms. The highest BCUT2D eigenvalue weighted by molar-refractivity contribution is 5.92. The average molecular weight is 638 g/mol. The third kappa shape index (κ3) is 8.03. The van der Waals surface area contributed by atoms with Crippen LogP contribution in [0.3, 0.4) is 0 Å². The second-order valence-electron chi connectivity index (χ2n) is 12.5. The molecule has 0 radical (unpaired) electrons. The van der Waals surface area contributed by atoms with Crippen LogP contribution in [0.5, 0.6) is 11.6 Å². The zero-order valence-corrected chi connectivity index (χ0v) is 26.3. The van der Waals surface area contributed by atoms with Gasteiger partial charge in [-0.3, -0.25) is 0 Å². The van der Waals surface area contributed by atoms with E-state index in [0.29, 0.717) is 52.9 Å². The summed E-state index contributed by atoms with van der Waals surface area (Å²) in [5.41, 5.74) is 2.10. The van der Waals surface area contributed by atoms with Crippen molar-refractivity contribution in [1.82, 2.24) is 19.9 Å². The Bertz CT molecular complexity index is 1690. The fourth-order valence-electron chi connectivity index (χ4n) is 5.43. The molecule has 2 aromatic carbocycles. The van der Waals surface area contributed by atoms with Gasteiger partial charge in [0.1, 0.15) is 17.5 Å². The number of aliphatic hydroxyl groups is 1. The molecule has 244 valence electrons. The quantitative estimate of drug-likeness (QED) is 0.205. The predicted molar refractivity (Wildman–Crippen MR) is 169 cm³/mol. The number of anilines is 1. The van der Waals surface area contributed by atoms with Crippen LogP contribution in [0.15, 0.2) is 60.9 Å². The molecule has 0 unspecified atom stereocenters. The maximum absolute atomic E-state index is 12.9. The smallest absolute Gasteiger partial charge is 0.414 e. The summed E-state index contributed by atoms with van der Waals surface area (Å²) in [6.07, 6.45) is -2.91. The molecule has 46 heavy (non-hydrogen) atoms. The standard InChI is InChI=1S/C34H38F3N5O4/c1-21-12-14-24-22(13-15-28(43)34(35,36)37)8-5-10-25(24)29(21)45-30-26(11-6-17-38-30)27-16-18-39-31(41-27)40-23-9-7-19-42(20-23)32(44)46-33(2,3)4/h5-6,8,10-12,14,16-18,23,28,43H,7,9,13,15,19-20H2,1-4H3,(H,39,40,41)/t23-,28+/m0/s1. The molecule has 0 saturated carbocycles. The number of aromatic nitrogens is 3. The number of alkyl halides is 3. The first kappa shape index (κ1) is 32.9. The van der Waals surface area contributed by atoms with Gasteiger partial charge in [-0.05, 0) is 88.1 Å².